The van der Waals surface area contributed by atoms with Gasteiger partial charge < -0.3 is 10.7 Å². The van der Waals surface area contributed by atoms with Crippen molar-refractivity contribution in [3.8, 4) is 33.6 Å². The minimum Gasteiger partial charge on any atom is -0.346 e. The molecule has 4 heterocycles. The molecule has 5 nitrogen and oxygen atoms in total. The number of nitrogens with one attached hydrogen (secondary N) is 1. The largest absolute Gasteiger partial charge is 0.346 e. The molecular weight excluding hydrogens is 370 g/mol. The van der Waals surface area contributed by atoms with Crippen LogP contribution in [0, 0.1) is 6.92 Å². The molecule has 0 amide bonds. The molecule has 0 bridgehead atoms. The van der Waals surface area contributed by atoms with Gasteiger partial charge in [-0.3, -0.25) is 9.97 Å². The van der Waals surface area contributed by atoms with Crippen LogP contribution in [0.1, 0.15) is 11.3 Å². The van der Waals surface area contributed by atoms with Gasteiger partial charge in [0.05, 0.1) is 11.4 Å². The fourth-order valence-corrected chi connectivity index (χ4v) is 3.67. The van der Waals surface area contributed by atoms with Gasteiger partial charge in [0, 0.05) is 47.3 Å². The monoisotopic (exact) mass is 391 g/mol. The molecule has 0 aliphatic heterocycles. The maximum atomic E-state index is 5.73. The minimum absolute atomic E-state index is 0.539. The number of H-pyrrole nitrogens is 1. The molecule has 0 spiro atoms. The van der Waals surface area contributed by atoms with Crippen LogP contribution in [-0.2, 0) is 6.54 Å². The molecule has 5 rings (SSSR count). The number of nitrogens with zero attached hydrogens (tertiary/aromatic N) is 3. The predicted molar refractivity (Wildman–Crippen MR) is 121 cm³/mol. The molecule has 1 aromatic carbocycles. The number of fused-ring (bicyclic) bond motifs is 1. The van der Waals surface area contributed by atoms with E-state index in [9.17, 15) is 0 Å². The predicted octanol–water partition coefficient (Wildman–Crippen LogP) is 5.12. The van der Waals surface area contributed by atoms with Crippen LogP contribution in [0.3, 0.4) is 0 Å². The Labute approximate surface area is 174 Å². The molecule has 0 saturated heterocycles. The van der Waals surface area contributed by atoms with Crippen molar-refractivity contribution in [3.63, 3.8) is 0 Å². The maximum absolute atomic E-state index is 5.73. The van der Waals surface area contributed by atoms with Crippen molar-refractivity contribution in [2.24, 2.45) is 5.73 Å². The van der Waals surface area contributed by atoms with Crippen LogP contribution in [0.25, 0.3) is 44.7 Å². The number of hydrogen-bond acceptors (Lipinski definition) is 4. The quantitative estimate of drug-likeness (QED) is 0.445. The van der Waals surface area contributed by atoms with E-state index in [1.807, 2.05) is 49.8 Å². The van der Waals surface area contributed by atoms with E-state index < -0.39 is 0 Å². The second-order valence-electron chi connectivity index (χ2n) is 7.32. The van der Waals surface area contributed by atoms with Gasteiger partial charge in [0.25, 0.3) is 0 Å². The average molecular weight is 391 g/mol. The molecule has 0 aliphatic carbocycles. The zero-order valence-electron chi connectivity index (χ0n) is 16.6. The summed E-state index contributed by atoms with van der Waals surface area (Å²) in [4.78, 5) is 17.2. The standard InChI is InChI=1S/C25H21N5/c1-16-3-2-4-23(29-16)24-12-22(21-9-10-28-25(21)30-24)20-11-19(14-27-15-20)18-7-5-17(13-26)6-8-18/h2-12,14-15H,13,26H2,1H3,(H,28,30). The molecule has 0 atom stereocenters. The topological polar surface area (TPSA) is 80.5 Å². The van der Waals surface area contributed by atoms with Gasteiger partial charge in [0.1, 0.15) is 5.65 Å². The van der Waals surface area contributed by atoms with E-state index in [2.05, 4.69) is 51.4 Å². The molecule has 5 heteroatoms. The Bertz CT molecular complexity index is 1340. The number of pyridine rings is 3. The third-order valence-electron chi connectivity index (χ3n) is 5.25. The van der Waals surface area contributed by atoms with Crippen LogP contribution in [-0.4, -0.2) is 19.9 Å². The first-order valence-electron chi connectivity index (χ1n) is 9.88. The third-order valence-corrected chi connectivity index (χ3v) is 5.25. The number of nitrogens with two attached hydrogens (primary N) is 1. The van der Waals surface area contributed by atoms with E-state index >= 15 is 0 Å². The van der Waals surface area contributed by atoms with Crippen molar-refractivity contribution in [1.29, 1.82) is 0 Å². The lowest BCUT2D eigenvalue weighted by Crippen LogP contribution is -1.95. The van der Waals surface area contributed by atoms with E-state index in [1.165, 1.54) is 0 Å². The van der Waals surface area contributed by atoms with Crippen LogP contribution in [0.5, 0.6) is 0 Å². The highest BCUT2D eigenvalue weighted by Gasteiger charge is 2.12. The molecule has 0 unspecified atom stereocenters. The first-order valence-corrected chi connectivity index (χ1v) is 9.88. The first kappa shape index (κ1) is 18.2. The second-order valence-corrected chi connectivity index (χ2v) is 7.32. The lowest BCUT2D eigenvalue weighted by Gasteiger charge is -2.10. The van der Waals surface area contributed by atoms with E-state index in [0.29, 0.717) is 6.54 Å². The molecule has 0 radical (unpaired) electrons. The molecule has 30 heavy (non-hydrogen) atoms. The Morgan fingerprint density at radius 1 is 0.833 bits per heavy atom. The summed E-state index contributed by atoms with van der Waals surface area (Å²) in [6, 6.07) is 20.6. The lowest BCUT2D eigenvalue weighted by molar-refractivity contribution is 1.07. The van der Waals surface area contributed by atoms with Crippen molar-refractivity contribution in [2.75, 3.05) is 0 Å². The first-order chi connectivity index (χ1) is 14.7. The van der Waals surface area contributed by atoms with Gasteiger partial charge in [0.2, 0.25) is 0 Å². The Hall–Kier alpha value is -3.83. The van der Waals surface area contributed by atoms with Crippen molar-refractivity contribution in [1.82, 2.24) is 19.9 Å². The Balaban J connectivity index is 1.65. The summed E-state index contributed by atoms with van der Waals surface area (Å²) in [5.74, 6) is 0. The van der Waals surface area contributed by atoms with Crippen molar-refractivity contribution in [3.05, 3.63) is 90.5 Å². The van der Waals surface area contributed by atoms with Gasteiger partial charge in [-0.2, -0.15) is 0 Å². The number of hydrogen-bond donors (Lipinski definition) is 2. The molecule has 146 valence electrons. The minimum atomic E-state index is 0.539. The van der Waals surface area contributed by atoms with E-state index in [1.54, 1.807) is 0 Å². The van der Waals surface area contributed by atoms with Crippen molar-refractivity contribution in [2.45, 2.75) is 13.5 Å². The zero-order valence-corrected chi connectivity index (χ0v) is 16.6. The third kappa shape index (κ3) is 3.36. The Morgan fingerprint density at radius 2 is 1.67 bits per heavy atom. The molecule has 4 aromatic heterocycles. The SMILES string of the molecule is Cc1cccc(-c2cc(-c3cncc(-c4ccc(CN)cc4)c3)c3cc[nH]c3n2)n1. The number of aryl methyl sites for hydroxylation is 1. The summed E-state index contributed by atoms with van der Waals surface area (Å²) in [5.41, 5.74) is 14.6. The highest BCUT2D eigenvalue weighted by Crippen LogP contribution is 2.33. The lowest BCUT2D eigenvalue weighted by atomic mass is 9.99. The van der Waals surface area contributed by atoms with Crippen LogP contribution < -0.4 is 5.73 Å². The summed E-state index contributed by atoms with van der Waals surface area (Å²) >= 11 is 0. The average Bonchev–Trinajstić information content (AvgIpc) is 3.27. The summed E-state index contributed by atoms with van der Waals surface area (Å²) < 4.78 is 0. The van der Waals surface area contributed by atoms with Crippen LogP contribution in [0.4, 0.5) is 0 Å². The molecule has 3 N–H and O–H groups in total. The molecular formula is C25H21N5. The normalized spacial score (nSPS) is 11.1. The number of rotatable bonds is 4. The Morgan fingerprint density at radius 3 is 2.47 bits per heavy atom. The van der Waals surface area contributed by atoms with E-state index in [4.69, 9.17) is 10.7 Å². The summed E-state index contributed by atoms with van der Waals surface area (Å²) in [6.07, 6.45) is 5.70. The molecule has 0 aliphatic rings. The molecule has 0 saturated carbocycles. The fourth-order valence-electron chi connectivity index (χ4n) is 3.67. The smallest absolute Gasteiger partial charge is 0.138 e. The molecule has 5 aromatic rings. The maximum Gasteiger partial charge on any atom is 0.138 e. The highest BCUT2D eigenvalue weighted by molar-refractivity contribution is 5.95. The van der Waals surface area contributed by atoms with Crippen LogP contribution in [0.2, 0.25) is 0 Å². The van der Waals surface area contributed by atoms with Gasteiger partial charge in [-0.1, -0.05) is 30.3 Å². The summed E-state index contributed by atoms with van der Waals surface area (Å²) in [6.45, 7) is 2.53. The number of benzene rings is 1. The number of aromatic amines is 1. The zero-order chi connectivity index (χ0) is 20.5. The molecule has 0 fully saturated rings. The number of aromatic nitrogens is 4. The van der Waals surface area contributed by atoms with Gasteiger partial charge >= 0.3 is 0 Å². The van der Waals surface area contributed by atoms with Gasteiger partial charge in [-0.05, 0) is 53.9 Å². The summed E-state index contributed by atoms with van der Waals surface area (Å²) in [7, 11) is 0. The van der Waals surface area contributed by atoms with Crippen LogP contribution in [0.15, 0.2) is 79.3 Å². The van der Waals surface area contributed by atoms with Crippen molar-refractivity contribution >= 4 is 11.0 Å². The second kappa shape index (κ2) is 7.54. The van der Waals surface area contributed by atoms with Gasteiger partial charge in [-0.25, -0.2) is 4.98 Å². The van der Waals surface area contributed by atoms with Gasteiger partial charge in [0.15, 0.2) is 0 Å². The van der Waals surface area contributed by atoms with Crippen molar-refractivity contribution < 1.29 is 0 Å². The highest BCUT2D eigenvalue weighted by atomic mass is 14.9. The van der Waals surface area contributed by atoms with Gasteiger partial charge in [-0.15, -0.1) is 0 Å². The summed E-state index contributed by atoms with van der Waals surface area (Å²) in [5, 5.41) is 1.06. The van der Waals surface area contributed by atoms with E-state index in [0.717, 1.165) is 55.9 Å². The van der Waals surface area contributed by atoms with E-state index in [-0.39, 0.29) is 0 Å². The van der Waals surface area contributed by atoms with Crippen LogP contribution >= 0.6 is 0 Å². The fraction of sp³-hybridized carbons (Fsp3) is 0.0800. The Kier molecular flexibility index (Phi) is 4.58.